The molecule has 20 rings (SSSR count). The Morgan fingerprint density at radius 3 is 1.35 bits per heavy atom. The van der Waals surface area contributed by atoms with Crippen molar-refractivity contribution in [2.75, 3.05) is 19.8 Å². The second-order valence-corrected chi connectivity index (χ2v) is 32.9. The van der Waals surface area contributed by atoms with Gasteiger partial charge < -0.3 is 71.8 Å². The van der Waals surface area contributed by atoms with Crippen molar-refractivity contribution >= 4 is 101 Å². The second kappa shape index (κ2) is 20.2. The summed E-state index contributed by atoms with van der Waals surface area (Å²) >= 11 is 29.8. The van der Waals surface area contributed by atoms with Gasteiger partial charge in [0, 0.05) is 72.5 Å². The van der Waals surface area contributed by atoms with Crippen molar-refractivity contribution in [3.63, 3.8) is 0 Å². The molecule has 20 aliphatic rings. The Bertz CT molecular complexity index is 3490. The van der Waals surface area contributed by atoms with E-state index in [1.54, 1.807) is 0 Å². The zero-order chi connectivity index (χ0) is 65.0. The van der Waals surface area contributed by atoms with Gasteiger partial charge in [0.2, 0.25) is 11.2 Å². The fourth-order valence-electron chi connectivity index (χ4n) is 23.0. The average molecular weight is 1610 g/mol. The molecular weight excluding hydrogens is 1530 g/mol. The molecule has 27 atom stereocenters. The summed E-state index contributed by atoms with van der Waals surface area (Å²) in [4.78, 5) is 70.4. The molecule has 0 aromatic carbocycles. The molecule has 500 valence electrons. The van der Waals surface area contributed by atoms with Crippen LogP contribution in [0.5, 0.6) is 0 Å². The number of aliphatic hydroxyl groups excluding tert-OH is 1. The van der Waals surface area contributed by atoms with E-state index < -0.39 is 113 Å². The fourth-order valence-corrected chi connectivity index (χ4v) is 24.6. The maximum Gasteiger partial charge on any atom is 0.509 e. The van der Waals surface area contributed by atoms with Gasteiger partial charge in [0.25, 0.3) is 0 Å². The van der Waals surface area contributed by atoms with Crippen LogP contribution in [0.2, 0.25) is 0 Å². The average Bonchev–Trinajstić information content (AvgIpc) is 1.43. The smallest absolute Gasteiger partial charge is 0.458 e. The van der Waals surface area contributed by atoms with E-state index >= 15 is 0 Å². The number of esters is 3. The Morgan fingerprint density at radius 1 is 0.543 bits per heavy atom. The van der Waals surface area contributed by atoms with Crippen molar-refractivity contribution in [1.29, 1.82) is 1.34 Å². The predicted molar refractivity (Wildman–Crippen MR) is 319 cm³/mol. The monoisotopic (exact) mass is 1610 g/mol. The van der Waals surface area contributed by atoms with Crippen LogP contribution in [0.4, 0.5) is 14.4 Å². The molecule has 8 saturated heterocycles. The number of carbonyl (C=O) groups is 6. The number of hydrogen-bond acceptors (Lipinski definition) is 21. The zero-order valence-corrected chi connectivity index (χ0v) is 59.4. The summed E-state index contributed by atoms with van der Waals surface area (Å²) in [5, 5.41) is 21.2. The van der Waals surface area contributed by atoms with Crippen molar-refractivity contribution in [3.05, 3.63) is 33.4 Å². The number of carbonyl (C=O) groups excluding carboxylic acids is 6. The normalized spacial score (nSPS) is 54.7. The summed E-state index contributed by atoms with van der Waals surface area (Å²) in [6.45, 7) is 19.6. The Labute approximate surface area is 584 Å². The van der Waals surface area contributed by atoms with Gasteiger partial charge in [-0.25, -0.2) is 24.0 Å². The first-order chi connectivity index (χ1) is 42.9. The summed E-state index contributed by atoms with van der Waals surface area (Å²) in [5.41, 5.74) is -3.45. The number of ether oxygens (including phenoxy) is 13. The standard InChI is InChI=1S/C21H24Cl2O7.C21H23ClO7.C20H24O6.CCl2O.CH4.BH.U/c1-8(2)19(26)13(23)14-21(29-14)18(3)5-4-9-10(7-27-15(9)24)11(18)6-12(22)20(21)16(19)28-17(25)30-20;1-8(2)19-13(27-19)14-21(28-14)18(3)5-4-9-10(7-25-15(9)23)11(18)6-12(22)20(21)16(19)26-17(24)29-20;1-8(2)18-13(25-18)14-20(26-14)17(3)5-4-9-10(7-23-15(9)21)11(17)6-12-19(20,24-12)16(18)22;2-1(3)4;;;/h8,11-14,16,26H,4-7H2,1-3H3;8,11-14,16H,4-7H2,1-3H3;8,11-14,16,22H,4-7H2,1-3H3;;1H4;1H;/t11-,12+,13+,14-,16+,18-,19-,20+,21+;11-,12+,13-,14-,16+,18-,19-,20+,21+;11-,12-,13-,14-,16+,17-,18-,19+,20+;;;;/m000..../s1/i;;;;;1D;. The van der Waals surface area contributed by atoms with E-state index in [0.717, 1.165) is 59.1 Å². The van der Waals surface area contributed by atoms with Crippen LogP contribution < -0.4 is 0 Å². The molecule has 0 bridgehead atoms. The third-order valence-corrected chi connectivity index (χ3v) is 28.9. The number of rotatable bonds is 3. The van der Waals surface area contributed by atoms with Crippen LogP contribution in [0.15, 0.2) is 33.4 Å². The topological polar surface area (TPSA) is 283 Å². The molecule has 0 aromatic heterocycles. The molecule has 14 fully saturated rings. The summed E-state index contributed by atoms with van der Waals surface area (Å²) < 4.78 is 82.0. The van der Waals surface area contributed by atoms with Gasteiger partial charge in [-0.05, 0) is 135 Å². The van der Waals surface area contributed by atoms with Crippen molar-refractivity contribution in [2.45, 2.75) is 249 Å². The molecule has 6 saturated carbocycles. The minimum Gasteiger partial charge on any atom is -0.458 e. The van der Waals surface area contributed by atoms with Gasteiger partial charge in [-0.2, -0.15) is 0 Å². The van der Waals surface area contributed by atoms with Crippen LogP contribution >= 0.6 is 58.0 Å². The van der Waals surface area contributed by atoms with E-state index in [9.17, 15) is 34.2 Å². The van der Waals surface area contributed by atoms with E-state index in [1.807, 2.05) is 13.8 Å². The Hall–Kier alpha value is -1.91. The van der Waals surface area contributed by atoms with Gasteiger partial charge >= 0.3 is 34.9 Å². The fraction of sp³-hybridized carbons (Fsp3) is 0.812. The van der Waals surface area contributed by atoms with E-state index in [1.165, 1.54) is 0 Å². The molecule has 2 N–H and O–H groups in total. The van der Waals surface area contributed by atoms with Crippen molar-refractivity contribution in [1.82, 2.24) is 0 Å². The van der Waals surface area contributed by atoms with E-state index in [-0.39, 0.29) is 140 Å². The van der Waals surface area contributed by atoms with Gasteiger partial charge in [0.15, 0.2) is 17.8 Å². The molecule has 28 heteroatoms. The third kappa shape index (κ3) is 7.08. The van der Waals surface area contributed by atoms with E-state index in [4.69, 9.17) is 103 Å². The Balaban J connectivity index is 0.000000115. The third-order valence-electron chi connectivity index (χ3n) is 27.3. The predicted octanol–water partition coefficient (Wildman–Crippen LogP) is 7.85. The van der Waals surface area contributed by atoms with Crippen molar-refractivity contribution in [3.8, 4) is 0 Å². The largest absolute Gasteiger partial charge is 0.509 e. The number of cyclic esters (lactones) is 3. The van der Waals surface area contributed by atoms with E-state index in [0.29, 0.717) is 45.3 Å². The first-order valence-electron chi connectivity index (χ1n) is 32.2. The molecule has 0 unspecified atom stereocenters. The number of hydrogen-bond donors (Lipinski definition) is 2. The van der Waals surface area contributed by atoms with Crippen LogP contribution in [-0.2, 0) is 76.0 Å². The summed E-state index contributed by atoms with van der Waals surface area (Å²) in [7, 11) is 3.75. The number of epoxide rings is 6. The molecule has 92 heavy (non-hydrogen) atoms. The molecule has 9 aliphatic carbocycles. The maximum atomic E-state index is 12.5. The second-order valence-electron chi connectivity index (χ2n) is 30.5. The van der Waals surface area contributed by atoms with Crippen LogP contribution in [0.3, 0.4) is 0 Å². The van der Waals surface area contributed by atoms with Crippen LogP contribution in [-0.4, -0.2) is 196 Å². The van der Waals surface area contributed by atoms with E-state index in [2.05, 4.69) is 80.0 Å². The molecule has 11 aliphatic heterocycles. The zero-order valence-electron chi connectivity index (χ0n) is 52.5. The van der Waals surface area contributed by atoms with Crippen molar-refractivity contribution < 1.29 is 132 Å². The molecule has 11 heterocycles. The summed E-state index contributed by atoms with van der Waals surface area (Å²) in [6, 6.07) is 0. The number of fused-ring (bicyclic) bond motifs is 11. The van der Waals surface area contributed by atoms with Gasteiger partial charge in [-0.3, -0.25) is 4.79 Å². The molecule has 0 aromatic rings. The minimum absolute atomic E-state index is 0. The first kappa shape index (κ1) is 66.0. The van der Waals surface area contributed by atoms with Crippen molar-refractivity contribution in [2.24, 2.45) is 51.8 Å². The first-order valence-corrected chi connectivity index (χ1v) is 33.6. The Morgan fingerprint density at radius 2 is 0.913 bits per heavy atom. The van der Waals surface area contributed by atoms with Crippen LogP contribution in [0, 0.1) is 82.9 Å². The van der Waals surface area contributed by atoms with Gasteiger partial charge in [0.05, 0.1) is 22.2 Å². The Kier molecular flexibility index (Phi) is 14.5. The van der Waals surface area contributed by atoms with Gasteiger partial charge in [0.1, 0.15) is 90.1 Å². The quantitative estimate of drug-likeness (QED) is 0.0679. The van der Waals surface area contributed by atoms with Crippen LogP contribution in [0.25, 0.3) is 0 Å². The van der Waals surface area contributed by atoms with Crippen LogP contribution in [0.1, 0.15) is 128 Å². The molecule has 6 spiro atoms. The molecule has 0 amide bonds. The number of halogens is 5. The summed E-state index contributed by atoms with van der Waals surface area (Å²) in [6.07, 6.45) is 1.27. The van der Waals surface area contributed by atoms with Gasteiger partial charge in [-0.1, -0.05) is 69.7 Å². The van der Waals surface area contributed by atoms with Gasteiger partial charge in [-0.15, -0.1) is 34.8 Å². The SMILES string of the molecule is C.CC(C)[C@]1(O)[C@H](Cl)[C@@H]2O[C@]23[C@@]2(OC(=O)O[C@H]12)[C@H](Cl)C[C@H]1C2=C(CC[C@@]13C)C(=O)OC2.CC(C)[C@]12O[C@H]1[C@@H]1O[C@]13[C@@]1(OC(=O)O[C@H]21)[C@H](Cl)C[C@H]1C2=C(CC[C@@]13C)C(=O)OC2.CC(C)[C@]12O[C@H]1[C@@H]1O[C@]13[C@]1(O[C@H]1C[C@H]1C4=C(CC[C@@]13C)C(=O)OC4)[C@@H]2O.O=C(Cl)Cl.[2H][B].[U]. The maximum absolute atomic E-state index is 12.5. The number of aliphatic hydroxyl groups is 2. The molecule has 2 radical (unpaired) electrons. The number of alkyl halides is 3. The summed E-state index contributed by atoms with van der Waals surface area (Å²) in [5.74, 6) is -0.393. The molecule has 21 nitrogen and oxygen atoms in total. The minimum atomic E-state index is -1.56. The molecular formula is C64H76BCl5O21U.